The first-order valence-electron chi connectivity index (χ1n) is 9.09. The van der Waals surface area contributed by atoms with Crippen molar-refractivity contribution < 1.29 is 19.5 Å². The molecule has 0 fully saturated rings. The van der Waals surface area contributed by atoms with E-state index in [9.17, 15) is 19.5 Å². The quantitative estimate of drug-likeness (QED) is 0.718. The number of carboxylic acid groups (broad SMARTS) is 1. The van der Waals surface area contributed by atoms with Crippen LogP contribution in [0, 0.1) is 0 Å². The Morgan fingerprint density at radius 1 is 1.08 bits per heavy atom. The number of aliphatic carboxylic acids is 1. The second kappa shape index (κ2) is 10.4. The molecule has 0 saturated heterocycles. The number of nitrogens with one attached hydrogen (secondary N) is 2. The lowest BCUT2D eigenvalue weighted by Crippen LogP contribution is -2.46. The highest BCUT2D eigenvalue weighted by atomic mass is 16.4. The van der Waals surface area contributed by atoms with Gasteiger partial charge in [0.05, 0.1) is 6.54 Å². The van der Waals surface area contributed by atoms with Crippen molar-refractivity contribution in [1.82, 2.24) is 10.6 Å². The van der Waals surface area contributed by atoms with E-state index in [1.165, 1.54) is 0 Å². The maximum Gasteiger partial charge on any atom is 0.326 e. The van der Waals surface area contributed by atoms with Crippen LogP contribution in [0.25, 0.3) is 6.08 Å². The summed E-state index contributed by atoms with van der Waals surface area (Å²) in [5, 5.41) is 14.4. The molecule has 1 atom stereocenters. The smallest absolute Gasteiger partial charge is 0.326 e. The molecule has 0 aliphatic carbocycles. The van der Waals surface area contributed by atoms with Gasteiger partial charge in [-0.15, -0.1) is 0 Å². The molecule has 6 heteroatoms. The van der Waals surface area contributed by atoms with Gasteiger partial charge >= 0.3 is 5.97 Å². The van der Waals surface area contributed by atoms with Gasteiger partial charge in [0.15, 0.2) is 0 Å². The Balaban J connectivity index is 2.11. The average Bonchev–Trinajstić information content (AvgIpc) is 2.61. The summed E-state index contributed by atoms with van der Waals surface area (Å²) >= 11 is 0. The Kier molecular flexibility index (Phi) is 7.86. The average molecular weight is 358 g/mol. The van der Waals surface area contributed by atoms with E-state index in [1.54, 1.807) is 0 Å². The van der Waals surface area contributed by atoms with Crippen molar-refractivity contribution in [3.05, 3.63) is 41.5 Å². The van der Waals surface area contributed by atoms with Crippen LogP contribution in [0.3, 0.4) is 0 Å². The van der Waals surface area contributed by atoms with Gasteiger partial charge in [-0.3, -0.25) is 9.59 Å². The molecular weight excluding hydrogens is 332 g/mol. The van der Waals surface area contributed by atoms with Crippen molar-refractivity contribution in [2.24, 2.45) is 0 Å². The minimum absolute atomic E-state index is 0.180. The zero-order valence-electron chi connectivity index (χ0n) is 14.9. The maximum absolute atomic E-state index is 12.0. The van der Waals surface area contributed by atoms with Crippen molar-refractivity contribution in [2.75, 3.05) is 6.54 Å². The summed E-state index contributed by atoms with van der Waals surface area (Å²) in [6.45, 7) is -0.203. The van der Waals surface area contributed by atoms with Gasteiger partial charge in [0, 0.05) is 12.8 Å². The van der Waals surface area contributed by atoms with Crippen LogP contribution >= 0.6 is 0 Å². The summed E-state index contributed by atoms with van der Waals surface area (Å²) in [6.07, 6.45) is 9.61. The van der Waals surface area contributed by atoms with Crippen LogP contribution in [-0.2, 0) is 20.8 Å². The number of hydrogen-bond donors (Lipinski definition) is 3. The van der Waals surface area contributed by atoms with Crippen molar-refractivity contribution in [3.63, 3.8) is 0 Å². The third-order valence-corrected chi connectivity index (χ3v) is 4.31. The third kappa shape index (κ3) is 7.09. The predicted octanol–water partition coefficient (Wildman–Crippen LogP) is 2.28. The van der Waals surface area contributed by atoms with Crippen LogP contribution in [0.4, 0.5) is 0 Å². The number of allylic oxidation sites excluding steroid dienone is 1. The van der Waals surface area contributed by atoms with E-state index >= 15 is 0 Å². The maximum atomic E-state index is 12.0. The SMILES string of the molecule is O=C1CCCCCC/C=C\c2cccc(c2)CC(C(=O)O)NC(=O)CN1. The van der Waals surface area contributed by atoms with Crippen molar-refractivity contribution >= 4 is 23.9 Å². The summed E-state index contributed by atoms with van der Waals surface area (Å²) in [5.41, 5.74) is 1.86. The van der Waals surface area contributed by atoms with Gasteiger partial charge in [-0.1, -0.05) is 49.3 Å². The van der Waals surface area contributed by atoms with Crippen LogP contribution in [-0.4, -0.2) is 35.5 Å². The molecular formula is C20H26N2O4. The number of amides is 2. The number of benzene rings is 1. The minimum atomic E-state index is -1.10. The topological polar surface area (TPSA) is 95.5 Å². The molecule has 1 aromatic carbocycles. The monoisotopic (exact) mass is 358 g/mol. The number of carboxylic acids is 1. The highest BCUT2D eigenvalue weighted by molar-refractivity contribution is 5.88. The van der Waals surface area contributed by atoms with Gasteiger partial charge in [-0.05, 0) is 30.4 Å². The van der Waals surface area contributed by atoms with Gasteiger partial charge in [0.1, 0.15) is 6.04 Å². The molecule has 6 nitrogen and oxygen atoms in total. The molecule has 1 unspecified atom stereocenters. The van der Waals surface area contributed by atoms with Gasteiger partial charge < -0.3 is 15.7 Å². The molecule has 140 valence electrons. The van der Waals surface area contributed by atoms with E-state index in [2.05, 4.69) is 16.7 Å². The van der Waals surface area contributed by atoms with E-state index in [-0.39, 0.29) is 18.9 Å². The molecule has 2 bridgehead atoms. The molecule has 1 heterocycles. The number of fused-ring (bicyclic) bond motifs is 2. The van der Waals surface area contributed by atoms with Crippen LogP contribution in [0.15, 0.2) is 30.3 Å². The Bertz CT molecular complexity index is 670. The molecule has 0 spiro atoms. The standard InChI is InChI=1S/C20H26N2O4/c23-18-11-6-4-2-1-3-5-8-15-9-7-10-16(12-15)13-17(20(25)26)22-19(24)14-21-18/h5,7-10,12,17H,1-4,6,11,13-14H2,(H,21,23)(H,22,24)(H,25,26)/b8-5-. The molecule has 0 saturated carbocycles. The summed E-state index contributed by atoms with van der Waals surface area (Å²) < 4.78 is 0. The van der Waals surface area contributed by atoms with Crippen LogP contribution in [0.1, 0.15) is 49.7 Å². The summed E-state index contributed by atoms with van der Waals surface area (Å²) in [7, 11) is 0. The van der Waals surface area contributed by atoms with Crippen LogP contribution in [0.5, 0.6) is 0 Å². The van der Waals surface area contributed by atoms with Crippen LogP contribution < -0.4 is 10.6 Å². The Morgan fingerprint density at radius 3 is 2.69 bits per heavy atom. The zero-order chi connectivity index (χ0) is 18.8. The fourth-order valence-electron chi connectivity index (χ4n) is 2.89. The first-order chi connectivity index (χ1) is 12.5. The highest BCUT2D eigenvalue weighted by Crippen LogP contribution is 2.12. The minimum Gasteiger partial charge on any atom is -0.480 e. The third-order valence-electron chi connectivity index (χ3n) is 4.31. The fourth-order valence-corrected chi connectivity index (χ4v) is 2.89. The molecule has 1 aliphatic heterocycles. The van der Waals surface area contributed by atoms with E-state index in [0.29, 0.717) is 6.42 Å². The molecule has 1 aromatic rings. The van der Waals surface area contributed by atoms with E-state index in [0.717, 1.165) is 43.2 Å². The molecule has 2 amide bonds. The normalized spacial score (nSPS) is 21.6. The highest BCUT2D eigenvalue weighted by Gasteiger charge is 2.20. The lowest BCUT2D eigenvalue weighted by atomic mass is 10.0. The Hall–Kier alpha value is -2.63. The predicted molar refractivity (Wildman–Crippen MR) is 99.5 cm³/mol. The van der Waals surface area contributed by atoms with Crippen molar-refractivity contribution in [2.45, 2.75) is 51.0 Å². The molecule has 1 aliphatic rings. The fraction of sp³-hybridized carbons (Fsp3) is 0.450. The number of carbonyl (C=O) groups excluding carboxylic acids is 2. The summed E-state index contributed by atoms with van der Waals surface area (Å²) in [4.78, 5) is 35.2. The van der Waals surface area contributed by atoms with Gasteiger partial charge in [0.2, 0.25) is 11.8 Å². The number of rotatable bonds is 1. The molecule has 26 heavy (non-hydrogen) atoms. The van der Waals surface area contributed by atoms with Crippen molar-refractivity contribution in [3.8, 4) is 0 Å². The van der Waals surface area contributed by atoms with E-state index < -0.39 is 17.9 Å². The first kappa shape index (κ1) is 19.7. The zero-order valence-corrected chi connectivity index (χ0v) is 14.9. The second-order valence-corrected chi connectivity index (χ2v) is 6.54. The molecule has 0 radical (unpaired) electrons. The van der Waals surface area contributed by atoms with Gasteiger partial charge in [-0.2, -0.15) is 0 Å². The largest absolute Gasteiger partial charge is 0.480 e. The lowest BCUT2D eigenvalue weighted by Gasteiger charge is -2.15. The molecule has 0 aromatic heterocycles. The molecule has 3 N–H and O–H groups in total. The first-order valence-corrected chi connectivity index (χ1v) is 9.09. The number of hydrogen-bond acceptors (Lipinski definition) is 3. The summed E-state index contributed by atoms with van der Waals surface area (Å²) in [6, 6.07) is 6.61. The van der Waals surface area contributed by atoms with Gasteiger partial charge in [0.25, 0.3) is 0 Å². The van der Waals surface area contributed by atoms with E-state index in [1.807, 2.05) is 30.3 Å². The Morgan fingerprint density at radius 2 is 1.88 bits per heavy atom. The Labute approximate surface area is 153 Å². The van der Waals surface area contributed by atoms with Crippen molar-refractivity contribution in [1.29, 1.82) is 0 Å². The number of carbonyl (C=O) groups is 3. The lowest BCUT2D eigenvalue weighted by molar-refractivity contribution is -0.141. The van der Waals surface area contributed by atoms with E-state index in [4.69, 9.17) is 0 Å². The molecule has 2 rings (SSSR count). The summed E-state index contributed by atoms with van der Waals surface area (Å²) in [5.74, 6) is -1.77. The van der Waals surface area contributed by atoms with Gasteiger partial charge in [-0.25, -0.2) is 4.79 Å². The second-order valence-electron chi connectivity index (χ2n) is 6.54. The van der Waals surface area contributed by atoms with Crippen LogP contribution in [0.2, 0.25) is 0 Å².